The Morgan fingerprint density at radius 2 is 1.87 bits per heavy atom. The summed E-state index contributed by atoms with van der Waals surface area (Å²) in [5.41, 5.74) is 1.36. The van der Waals surface area contributed by atoms with Crippen molar-refractivity contribution in [1.29, 1.82) is 5.26 Å². The molecule has 0 spiro atoms. The quantitative estimate of drug-likeness (QED) is 0.890. The molecule has 2 aromatic carbocycles. The van der Waals surface area contributed by atoms with Gasteiger partial charge in [0.1, 0.15) is 11.5 Å². The lowest BCUT2D eigenvalue weighted by Crippen LogP contribution is -2.20. The van der Waals surface area contributed by atoms with E-state index in [4.69, 9.17) is 26.3 Å². The number of nitriles is 1. The summed E-state index contributed by atoms with van der Waals surface area (Å²) < 4.78 is 10.3. The second-order valence-electron chi connectivity index (χ2n) is 4.46. The second-order valence-corrected chi connectivity index (χ2v) is 4.87. The molecule has 0 bridgehead atoms. The fourth-order valence-corrected chi connectivity index (χ4v) is 2.14. The fraction of sp³-hybridized carbons (Fsp3) is 0.125. The van der Waals surface area contributed by atoms with Crippen LogP contribution in [0.3, 0.4) is 0 Å². The van der Waals surface area contributed by atoms with Gasteiger partial charge in [-0.15, -0.1) is 0 Å². The molecule has 2 N–H and O–H groups in total. The van der Waals surface area contributed by atoms with Crippen LogP contribution in [0.2, 0.25) is 5.02 Å². The Hall–Kier alpha value is -2.91. The maximum absolute atomic E-state index is 12.1. The Kier molecular flexibility index (Phi) is 5.28. The summed E-state index contributed by atoms with van der Waals surface area (Å²) in [7, 11) is 2.95. The number of hydrogen-bond acceptors (Lipinski definition) is 4. The lowest BCUT2D eigenvalue weighted by Gasteiger charge is -2.13. The zero-order valence-electron chi connectivity index (χ0n) is 12.5. The first-order valence-electron chi connectivity index (χ1n) is 6.57. The zero-order chi connectivity index (χ0) is 16.8. The van der Waals surface area contributed by atoms with Gasteiger partial charge in [-0.25, -0.2) is 4.79 Å². The summed E-state index contributed by atoms with van der Waals surface area (Å²) in [6.07, 6.45) is 0. The van der Waals surface area contributed by atoms with Gasteiger partial charge >= 0.3 is 6.03 Å². The molecule has 0 radical (unpaired) electrons. The minimum atomic E-state index is -0.484. The highest BCUT2D eigenvalue weighted by Crippen LogP contribution is 2.35. The maximum Gasteiger partial charge on any atom is 0.323 e. The number of ether oxygens (including phenoxy) is 2. The molecule has 0 aliphatic heterocycles. The number of carbonyl (C=O) groups excluding carboxylic acids is 1. The average molecular weight is 332 g/mol. The lowest BCUT2D eigenvalue weighted by molar-refractivity contribution is 0.262. The number of halogens is 1. The van der Waals surface area contributed by atoms with E-state index in [0.717, 1.165) is 0 Å². The minimum absolute atomic E-state index is 0.372. The fourth-order valence-electron chi connectivity index (χ4n) is 1.91. The summed E-state index contributed by atoms with van der Waals surface area (Å²) in [5, 5.41) is 14.5. The van der Waals surface area contributed by atoms with Gasteiger partial charge in [0.2, 0.25) is 0 Å². The molecule has 0 aromatic heterocycles. The Labute approximate surface area is 138 Å². The topological polar surface area (TPSA) is 83.4 Å². The maximum atomic E-state index is 12.1. The van der Waals surface area contributed by atoms with Crippen LogP contribution in [0.4, 0.5) is 16.2 Å². The number of methoxy groups -OCH3 is 2. The van der Waals surface area contributed by atoms with E-state index in [-0.39, 0.29) is 0 Å². The van der Waals surface area contributed by atoms with Gasteiger partial charge in [0, 0.05) is 17.8 Å². The predicted octanol–water partition coefficient (Wildman–Crippen LogP) is 3.87. The van der Waals surface area contributed by atoms with Crippen LogP contribution in [0.15, 0.2) is 36.4 Å². The summed E-state index contributed by atoms with van der Waals surface area (Å²) in [6, 6.07) is 11.2. The molecule has 2 aromatic rings. The van der Waals surface area contributed by atoms with E-state index in [1.165, 1.54) is 14.2 Å². The molecule has 0 unspecified atom stereocenters. The molecule has 7 heteroatoms. The molecule has 23 heavy (non-hydrogen) atoms. The van der Waals surface area contributed by atoms with Crippen molar-refractivity contribution < 1.29 is 14.3 Å². The first-order chi connectivity index (χ1) is 11.1. The molecule has 0 heterocycles. The molecule has 0 saturated heterocycles. The largest absolute Gasteiger partial charge is 0.495 e. The minimum Gasteiger partial charge on any atom is -0.495 e. The van der Waals surface area contributed by atoms with Gasteiger partial charge in [-0.1, -0.05) is 17.7 Å². The number of hydrogen-bond donors (Lipinski definition) is 2. The summed E-state index contributed by atoms with van der Waals surface area (Å²) in [4.78, 5) is 12.1. The van der Waals surface area contributed by atoms with Crippen molar-refractivity contribution in [3.8, 4) is 17.6 Å². The first-order valence-corrected chi connectivity index (χ1v) is 6.95. The van der Waals surface area contributed by atoms with Crippen molar-refractivity contribution >= 4 is 29.0 Å². The summed E-state index contributed by atoms with van der Waals surface area (Å²) >= 11 is 6.02. The van der Waals surface area contributed by atoms with E-state index in [1.807, 2.05) is 6.07 Å². The van der Waals surface area contributed by atoms with Crippen LogP contribution in [0, 0.1) is 11.3 Å². The number of benzene rings is 2. The Bertz CT molecular complexity index is 772. The van der Waals surface area contributed by atoms with Gasteiger partial charge in [0.25, 0.3) is 0 Å². The van der Waals surface area contributed by atoms with Gasteiger partial charge in [0.05, 0.1) is 36.6 Å². The molecule has 0 fully saturated rings. The van der Waals surface area contributed by atoms with E-state index < -0.39 is 6.03 Å². The van der Waals surface area contributed by atoms with Crippen molar-refractivity contribution in [2.24, 2.45) is 0 Å². The Morgan fingerprint density at radius 1 is 1.13 bits per heavy atom. The molecular formula is C16H14ClN3O3. The third-order valence-corrected chi connectivity index (χ3v) is 3.27. The van der Waals surface area contributed by atoms with Gasteiger partial charge in [-0.05, 0) is 18.2 Å². The molecule has 0 saturated carbocycles. The number of urea groups is 1. The second kappa shape index (κ2) is 7.38. The van der Waals surface area contributed by atoms with Gasteiger partial charge < -0.3 is 20.1 Å². The van der Waals surface area contributed by atoms with Crippen LogP contribution in [0.25, 0.3) is 0 Å². The Morgan fingerprint density at radius 3 is 2.52 bits per heavy atom. The van der Waals surface area contributed by atoms with Crippen LogP contribution in [-0.4, -0.2) is 20.3 Å². The van der Waals surface area contributed by atoms with Crippen LogP contribution < -0.4 is 20.1 Å². The summed E-state index contributed by atoms with van der Waals surface area (Å²) in [5.74, 6) is 0.811. The number of rotatable bonds is 4. The standard InChI is InChI=1S/C16H14ClN3O3/c1-22-14-8-13(15(23-2)7-12(14)17)20-16(21)19-11-5-3-4-10(6-11)9-18/h3-8H,1-2H3,(H2,19,20,21). The lowest BCUT2D eigenvalue weighted by atomic mass is 10.2. The average Bonchev–Trinajstić information content (AvgIpc) is 2.56. The number of anilines is 2. The molecule has 0 atom stereocenters. The molecular weight excluding hydrogens is 318 g/mol. The van der Waals surface area contributed by atoms with Crippen molar-refractivity contribution in [2.75, 3.05) is 24.9 Å². The molecule has 118 valence electrons. The van der Waals surface area contributed by atoms with Gasteiger partial charge in [-0.2, -0.15) is 5.26 Å². The SMILES string of the molecule is COc1cc(NC(=O)Nc2cccc(C#N)c2)c(OC)cc1Cl. The first kappa shape index (κ1) is 16.5. The predicted molar refractivity (Wildman–Crippen MR) is 88.4 cm³/mol. The van der Waals surface area contributed by atoms with Crippen LogP contribution in [0.5, 0.6) is 11.5 Å². The summed E-state index contributed by atoms with van der Waals surface area (Å²) in [6.45, 7) is 0. The van der Waals surface area contributed by atoms with E-state index in [0.29, 0.717) is 33.5 Å². The number of carbonyl (C=O) groups is 1. The third-order valence-electron chi connectivity index (χ3n) is 2.97. The van der Waals surface area contributed by atoms with Crippen molar-refractivity contribution in [3.63, 3.8) is 0 Å². The number of amides is 2. The normalized spacial score (nSPS) is 9.65. The monoisotopic (exact) mass is 331 g/mol. The third kappa shape index (κ3) is 4.05. The van der Waals surface area contributed by atoms with Crippen LogP contribution in [-0.2, 0) is 0 Å². The van der Waals surface area contributed by atoms with Gasteiger partial charge in [-0.3, -0.25) is 0 Å². The van der Waals surface area contributed by atoms with Gasteiger partial charge in [0.15, 0.2) is 0 Å². The number of nitrogens with one attached hydrogen (secondary N) is 2. The van der Waals surface area contributed by atoms with E-state index >= 15 is 0 Å². The zero-order valence-corrected chi connectivity index (χ0v) is 13.3. The highest BCUT2D eigenvalue weighted by molar-refractivity contribution is 6.32. The van der Waals surface area contributed by atoms with E-state index in [2.05, 4.69) is 10.6 Å². The molecule has 0 aliphatic rings. The molecule has 6 nitrogen and oxygen atoms in total. The molecule has 0 aliphatic carbocycles. The molecule has 2 rings (SSSR count). The number of nitrogens with zero attached hydrogens (tertiary/aromatic N) is 1. The van der Waals surface area contributed by atoms with Crippen molar-refractivity contribution in [3.05, 3.63) is 47.0 Å². The highest BCUT2D eigenvalue weighted by Gasteiger charge is 2.12. The highest BCUT2D eigenvalue weighted by atomic mass is 35.5. The van der Waals surface area contributed by atoms with E-state index in [1.54, 1.807) is 36.4 Å². The van der Waals surface area contributed by atoms with Crippen LogP contribution >= 0.6 is 11.6 Å². The van der Waals surface area contributed by atoms with E-state index in [9.17, 15) is 4.79 Å². The smallest absolute Gasteiger partial charge is 0.323 e. The van der Waals surface area contributed by atoms with Crippen molar-refractivity contribution in [1.82, 2.24) is 0 Å². The van der Waals surface area contributed by atoms with Crippen molar-refractivity contribution in [2.45, 2.75) is 0 Å². The Balaban J connectivity index is 2.18. The molecule has 2 amide bonds. The van der Waals surface area contributed by atoms with Crippen LogP contribution in [0.1, 0.15) is 5.56 Å².